The molecule has 0 radical (unpaired) electrons. The van der Waals surface area contributed by atoms with E-state index in [0.717, 1.165) is 11.3 Å². The fourth-order valence-electron chi connectivity index (χ4n) is 2.35. The van der Waals surface area contributed by atoms with E-state index in [1.165, 1.54) is 12.1 Å². The first-order valence-corrected chi connectivity index (χ1v) is 8.07. The number of amides is 1. The maximum absolute atomic E-state index is 13.1. The Kier molecular flexibility index (Phi) is 5.49. The van der Waals surface area contributed by atoms with Gasteiger partial charge in [0.25, 0.3) is 5.91 Å². The first kappa shape index (κ1) is 17.5. The van der Waals surface area contributed by atoms with E-state index in [2.05, 4.69) is 5.32 Å². The Morgan fingerprint density at radius 3 is 2.35 bits per heavy atom. The van der Waals surface area contributed by atoms with Crippen LogP contribution in [0.1, 0.15) is 15.9 Å². The smallest absolute Gasteiger partial charge is 0.255 e. The SMILES string of the molecule is COc1ccc(NC(=O)c2ccc(COc3cccc(F)c3)cc2)cc1. The number of carbonyl (C=O) groups excluding carboxylic acids is 1. The third kappa shape index (κ3) is 4.60. The summed E-state index contributed by atoms with van der Waals surface area (Å²) in [5.74, 6) is 0.651. The van der Waals surface area contributed by atoms with Crippen molar-refractivity contribution in [1.29, 1.82) is 0 Å². The molecule has 0 atom stereocenters. The molecule has 5 heteroatoms. The molecule has 0 saturated carbocycles. The number of rotatable bonds is 6. The van der Waals surface area contributed by atoms with E-state index < -0.39 is 0 Å². The summed E-state index contributed by atoms with van der Waals surface area (Å²) >= 11 is 0. The lowest BCUT2D eigenvalue weighted by Crippen LogP contribution is -2.11. The summed E-state index contributed by atoms with van der Waals surface area (Å²) in [4.78, 5) is 12.3. The van der Waals surface area contributed by atoms with Crippen LogP contribution in [0.3, 0.4) is 0 Å². The molecule has 1 amide bonds. The van der Waals surface area contributed by atoms with Crippen LogP contribution in [0.15, 0.2) is 72.8 Å². The van der Waals surface area contributed by atoms with Crippen molar-refractivity contribution in [2.45, 2.75) is 6.61 Å². The van der Waals surface area contributed by atoms with Crippen molar-refractivity contribution < 1.29 is 18.7 Å². The van der Waals surface area contributed by atoms with E-state index in [0.29, 0.717) is 23.6 Å². The van der Waals surface area contributed by atoms with E-state index in [1.54, 1.807) is 55.6 Å². The molecule has 3 aromatic carbocycles. The molecule has 0 aliphatic heterocycles. The Morgan fingerprint density at radius 1 is 0.962 bits per heavy atom. The van der Waals surface area contributed by atoms with Crippen LogP contribution in [0.25, 0.3) is 0 Å². The van der Waals surface area contributed by atoms with Crippen molar-refractivity contribution in [2.24, 2.45) is 0 Å². The van der Waals surface area contributed by atoms with Gasteiger partial charge >= 0.3 is 0 Å². The van der Waals surface area contributed by atoms with Gasteiger partial charge < -0.3 is 14.8 Å². The van der Waals surface area contributed by atoms with Crippen LogP contribution in [0, 0.1) is 5.82 Å². The van der Waals surface area contributed by atoms with Gasteiger partial charge in [0.2, 0.25) is 0 Å². The minimum absolute atomic E-state index is 0.201. The highest BCUT2D eigenvalue weighted by molar-refractivity contribution is 6.04. The Labute approximate surface area is 151 Å². The lowest BCUT2D eigenvalue weighted by molar-refractivity contribution is 0.102. The van der Waals surface area contributed by atoms with Gasteiger partial charge in [-0.3, -0.25) is 4.79 Å². The van der Waals surface area contributed by atoms with Crippen molar-refractivity contribution in [1.82, 2.24) is 0 Å². The predicted molar refractivity (Wildman–Crippen MR) is 98.1 cm³/mol. The quantitative estimate of drug-likeness (QED) is 0.702. The molecule has 0 unspecified atom stereocenters. The van der Waals surface area contributed by atoms with Crippen molar-refractivity contribution in [3.8, 4) is 11.5 Å². The number of halogens is 1. The number of anilines is 1. The zero-order chi connectivity index (χ0) is 18.4. The topological polar surface area (TPSA) is 47.6 Å². The molecule has 132 valence electrons. The minimum Gasteiger partial charge on any atom is -0.497 e. The summed E-state index contributed by atoms with van der Waals surface area (Å²) < 4.78 is 23.8. The third-order valence-electron chi connectivity index (χ3n) is 3.77. The number of methoxy groups -OCH3 is 1. The molecule has 0 heterocycles. The van der Waals surface area contributed by atoms with Gasteiger partial charge in [-0.05, 0) is 54.1 Å². The fraction of sp³-hybridized carbons (Fsp3) is 0.0952. The molecule has 0 bridgehead atoms. The Hall–Kier alpha value is -3.34. The second-order valence-electron chi connectivity index (χ2n) is 5.63. The summed E-state index contributed by atoms with van der Waals surface area (Å²) in [7, 11) is 1.59. The van der Waals surface area contributed by atoms with Crippen molar-refractivity contribution in [3.63, 3.8) is 0 Å². The molecule has 0 aromatic heterocycles. The lowest BCUT2D eigenvalue weighted by atomic mass is 10.1. The highest BCUT2D eigenvalue weighted by atomic mass is 19.1. The first-order chi connectivity index (χ1) is 12.6. The largest absolute Gasteiger partial charge is 0.497 e. The standard InChI is InChI=1S/C21H18FNO3/c1-25-19-11-9-18(10-12-19)23-21(24)16-7-5-15(6-8-16)14-26-20-4-2-3-17(22)13-20/h2-13H,14H2,1H3,(H,23,24). The molecule has 0 fully saturated rings. The third-order valence-corrected chi connectivity index (χ3v) is 3.77. The van der Waals surface area contributed by atoms with Crippen LogP contribution in [-0.2, 0) is 6.61 Å². The molecule has 0 aliphatic rings. The van der Waals surface area contributed by atoms with Gasteiger partial charge in [-0.1, -0.05) is 18.2 Å². The van der Waals surface area contributed by atoms with Crippen molar-refractivity contribution >= 4 is 11.6 Å². The molecule has 4 nitrogen and oxygen atoms in total. The normalized spacial score (nSPS) is 10.2. The molecule has 26 heavy (non-hydrogen) atoms. The summed E-state index contributed by atoms with van der Waals surface area (Å²) in [6.45, 7) is 0.295. The van der Waals surface area contributed by atoms with E-state index in [1.807, 2.05) is 12.1 Å². The number of ether oxygens (including phenoxy) is 2. The predicted octanol–water partition coefficient (Wildman–Crippen LogP) is 4.67. The first-order valence-electron chi connectivity index (χ1n) is 8.07. The van der Waals surface area contributed by atoms with Crippen molar-refractivity contribution in [2.75, 3.05) is 12.4 Å². The maximum Gasteiger partial charge on any atom is 0.255 e. The van der Waals surface area contributed by atoms with Crippen LogP contribution in [0.2, 0.25) is 0 Å². The Morgan fingerprint density at radius 2 is 1.69 bits per heavy atom. The zero-order valence-electron chi connectivity index (χ0n) is 14.2. The highest BCUT2D eigenvalue weighted by Gasteiger charge is 2.06. The summed E-state index contributed by atoms with van der Waals surface area (Å²) in [5.41, 5.74) is 2.11. The Bertz CT molecular complexity index is 877. The van der Waals surface area contributed by atoms with Crippen LogP contribution in [0.4, 0.5) is 10.1 Å². The number of carbonyl (C=O) groups is 1. The monoisotopic (exact) mass is 351 g/mol. The zero-order valence-corrected chi connectivity index (χ0v) is 14.2. The maximum atomic E-state index is 13.1. The number of nitrogens with one attached hydrogen (secondary N) is 1. The average Bonchev–Trinajstić information content (AvgIpc) is 2.67. The van der Waals surface area contributed by atoms with E-state index in [4.69, 9.17) is 9.47 Å². The molecule has 3 aromatic rings. The summed E-state index contributed by atoms with van der Waals surface area (Å²) in [5, 5.41) is 2.83. The van der Waals surface area contributed by atoms with Crippen LogP contribution >= 0.6 is 0 Å². The van der Waals surface area contributed by atoms with E-state index in [9.17, 15) is 9.18 Å². The molecule has 3 rings (SSSR count). The van der Waals surface area contributed by atoms with E-state index >= 15 is 0 Å². The number of hydrogen-bond donors (Lipinski definition) is 1. The minimum atomic E-state index is -0.340. The molecular formula is C21H18FNO3. The van der Waals surface area contributed by atoms with Gasteiger partial charge in [-0.2, -0.15) is 0 Å². The molecule has 1 N–H and O–H groups in total. The Balaban J connectivity index is 1.58. The van der Waals surface area contributed by atoms with Gasteiger partial charge in [0.1, 0.15) is 23.9 Å². The number of hydrogen-bond acceptors (Lipinski definition) is 3. The van der Waals surface area contributed by atoms with Gasteiger partial charge in [0, 0.05) is 17.3 Å². The second-order valence-corrected chi connectivity index (χ2v) is 5.63. The molecule has 0 saturated heterocycles. The lowest BCUT2D eigenvalue weighted by Gasteiger charge is -2.08. The van der Waals surface area contributed by atoms with Crippen LogP contribution in [0.5, 0.6) is 11.5 Å². The fourth-order valence-corrected chi connectivity index (χ4v) is 2.35. The highest BCUT2D eigenvalue weighted by Crippen LogP contribution is 2.17. The average molecular weight is 351 g/mol. The molecule has 0 spiro atoms. The summed E-state index contributed by atoms with van der Waals surface area (Å²) in [6, 6.07) is 20.2. The molecule has 0 aliphatic carbocycles. The number of benzene rings is 3. The van der Waals surface area contributed by atoms with Gasteiger partial charge in [-0.25, -0.2) is 4.39 Å². The van der Waals surface area contributed by atoms with Crippen LogP contribution < -0.4 is 14.8 Å². The van der Waals surface area contributed by atoms with Gasteiger partial charge in [0.15, 0.2) is 0 Å². The second kappa shape index (κ2) is 8.16. The van der Waals surface area contributed by atoms with E-state index in [-0.39, 0.29) is 11.7 Å². The van der Waals surface area contributed by atoms with Gasteiger partial charge in [-0.15, -0.1) is 0 Å². The van der Waals surface area contributed by atoms with Gasteiger partial charge in [0.05, 0.1) is 7.11 Å². The van der Waals surface area contributed by atoms with Crippen LogP contribution in [-0.4, -0.2) is 13.0 Å². The summed E-state index contributed by atoms with van der Waals surface area (Å²) in [6.07, 6.45) is 0. The van der Waals surface area contributed by atoms with Crippen molar-refractivity contribution in [3.05, 3.63) is 89.7 Å². The molecular weight excluding hydrogens is 333 g/mol.